The molecule has 0 saturated carbocycles. The number of hydrogen-bond acceptors (Lipinski definition) is 3. The molecule has 180 valence electrons. The molecule has 0 unspecified atom stereocenters. The first-order valence-electron chi connectivity index (χ1n) is 12.7. The normalized spacial score (nSPS) is 19.3. The van der Waals surface area contributed by atoms with Gasteiger partial charge in [0.25, 0.3) is 0 Å². The van der Waals surface area contributed by atoms with E-state index in [0.29, 0.717) is 24.5 Å². The Morgan fingerprint density at radius 1 is 0.941 bits per heavy atom. The Hall–Kier alpha value is -2.60. The highest BCUT2D eigenvalue weighted by atomic mass is 32.1. The fraction of sp³-hybridized carbons (Fsp3) is 0.500. The second-order valence-corrected chi connectivity index (χ2v) is 10.5. The number of benzene rings is 2. The zero-order chi connectivity index (χ0) is 23.4. The summed E-state index contributed by atoms with van der Waals surface area (Å²) in [5, 5.41) is 4.55. The predicted molar refractivity (Wildman–Crippen MR) is 139 cm³/mol. The summed E-state index contributed by atoms with van der Waals surface area (Å²) in [5.41, 5.74) is 3.20. The number of carbonyl (C=O) groups excluding carboxylic acids is 1. The Morgan fingerprint density at radius 3 is 2.24 bits per heavy atom. The highest BCUT2D eigenvalue weighted by Gasteiger charge is 2.42. The van der Waals surface area contributed by atoms with Gasteiger partial charge >= 0.3 is 0 Å². The van der Waals surface area contributed by atoms with Gasteiger partial charge in [-0.05, 0) is 79.4 Å². The summed E-state index contributed by atoms with van der Waals surface area (Å²) in [6, 6.07) is 18.9. The van der Waals surface area contributed by atoms with Gasteiger partial charge in [-0.25, -0.2) is 0 Å². The number of nitrogens with zero attached hydrogens (tertiary/aromatic N) is 2. The number of hydrogen-bond donors (Lipinski definition) is 1. The number of thiocarbonyl (C=S) groups is 1. The molecule has 1 aliphatic carbocycles. The first kappa shape index (κ1) is 23.2. The van der Waals surface area contributed by atoms with Crippen LogP contribution in [-0.4, -0.2) is 59.6 Å². The van der Waals surface area contributed by atoms with Gasteiger partial charge in [-0.2, -0.15) is 0 Å². The van der Waals surface area contributed by atoms with Gasteiger partial charge in [0.05, 0.1) is 6.61 Å². The van der Waals surface area contributed by atoms with E-state index in [0.717, 1.165) is 69.1 Å². The van der Waals surface area contributed by atoms with E-state index in [1.165, 1.54) is 17.5 Å². The Kier molecular flexibility index (Phi) is 7.05. The lowest BCUT2D eigenvalue weighted by Crippen LogP contribution is -2.47. The number of ether oxygens (including phenoxy) is 1. The number of amides is 1. The maximum atomic E-state index is 12.7. The van der Waals surface area contributed by atoms with E-state index < -0.39 is 0 Å². The van der Waals surface area contributed by atoms with Gasteiger partial charge in [0.2, 0.25) is 5.91 Å². The minimum absolute atomic E-state index is 0.263. The number of fused-ring (bicyclic) bond motifs is 1. The smallest absolute Gasteiger partial charge is 0.222 e. The first-order valence-corrected chi connectivity index (χ1v) is 13.1. The predicted octanol–water partition coefficient (Wildman–Crippen LogP) is 4.20. The molecule has 0 bridgehead atoms. The molecule has 6 heteroatoms. The van der Waals surface area contributed by atoms with Crippen LogP contribution in [0.25, 0.3) is 0 Å². The van der Waals surface area contributed by atoms with Crippen molar-refractivity contribution in [2.45, 2.75) is 51.0 Å². The van der Waals surface area contributed by atoms with E-state index in [9.17, 15) is 4.79 Å². The van der Waals surface area contributed by atoms with Crippen LogP contribution in [0.5, 0.6) is 5.75 Å². The number of piperidine rings is 1. The summed E-state index contributed by atoms with van der Waals surface area (Å²) in [6.45, 7) is 4.36. The third kappa shape index (κ3) is 5.38. The molecular formula is C28H35N3O2S. The van der Waals surface area contributed by atoms with E-state index in [2.05, 4.69) is 39.4 Å². The van der Waals surface area contributed by atoms with E-state index >= 15 is 0 Å². The Balaban J connectivity index is 1.02. The molecule has 1 N–H and O–H groups in total. The number of rotatable bonds is 6. The fourth-order valence-corrected chi connectivity index (χ4v) is 6.08. The summed E-state index contributed by atoms with van der Waals surface area (Å²) in [6.07, 6.45) is 6.76. The van der Waals surface area contributed by atoms with E-state index in [1.807, 2.05) is 30.3 Å². The minimum atomic E-state index is 0.263. The highest BCUT2D eigenvalue weighted by Crippen LogP contribution is 2.40. The second-order valence-electron chi connectivity index (χ2n) is 10.1. The standard InChI is InChI=1S/C28H35N3O2S/c32-26(11-6-18-33-25-9-2-1-3-10-25)30-15-12-28(13-16-30)14-17-31(21-28)27(34)29-24-19-22-7-4-5-8-23(22)20-24/h1-5,7-10,24H,6,11-21H2,(H,29,34). The second kappa shape index (κ2) is 10.3. The van der Waals surface area contributed by atoms with Crippen LogP contribution < -0.4 is 10.1 Å². The molecule has 5 rings (SSSR count). The van der Waals surface area contributed by atoms with E-state index in [-0.39, 0.29) is 5.91 Å². The summed E-state index contributed by atoms with van der Waals surface area (Å²) in [5.74, 6) is 1.13. The Morgan fingerprint density at radius 2 is 1.56 bits per heavy atom. The van der Waals surface area contributed by atoms with Crippen LogP contribution in [0.1, 0.15) is 43.2 Å². The van der Waals surface area contributed by atoms with Gasteiger partial charge in [0.15, 0.2) is 5.11 Å². The van der Waals surface area contributed by atoms with Crippen molar-refractivity contribution >= 4 is 23.2 Å². The molecule has 2 saturated heterocycles. The monoisotopic (exact) mass is 477 g/mol. The van der Waals surface area contributed by atoms with Crippen molar-refractivity contribution in [1.29, 1.82) is 0 Å². The topological polar surface area (TPSA) is 44.8 Å². The molecule has 3 aliphatic rings. The van der Waals surface area contributed by atoms with Crippen LogP contribution in [0, 0.1) is 5.41 Å². The molecule has 5 nitrogen and oxygen atoms in total. The number of para-hydroxylation sites is 1. The van der Waals surface area contributed by atoms with Gasteiger partial charge in [-0.15, -0.1) is 0 Å². The zero-order valence-electron chi connectivity index (χ0n) is 19.9. The molecule has 0 atom stereocenters. The Labute approximate surface area is 208 Å². The molecule has 2 fully saturated rings. The summed E-state index contributed by atoms with van der Waals surface area (Å²) in [7, 11) is 0. The number of likely N-dealkylation sites (tertiary alicyclic amines) is 2. The number of nitrogens with one attached hydrogen (secondary N) is 1. The van der Waals surface area contributed by atoms with Crippen LogP contribution in [0.4, 0.5) is 0 Å². The van der Waals surface area contributed by atoms with Gasteiger partial charge < -0.3 is 19.9 Å². The third-order valence-corrected chi connectivity index (χ3v) is 8.20. The summed E-state index contributed by atoms with van der Waals surface area (Å²) in [4.78, 5) is 17.1. The van der Waals surface area contributed by atoms with Gasteiger partial charge in [-0.1, -0.05) is 42.5 Å². The molecule has 0 aromatic heterocycles. The van der Waals surface area contributed by atoms with E-state index in [1.54, 1.807) is 0 Å². The van der Waals surface area contributed by atoms with Crippen molar-refractivity contribution in [3.63, 3.8) is 0 Å². The third-order valence-electron chi connectivity index (χ3n) is 7.83. The molecule has 1 amide bonds. The van der Waals surface area contributed by atoms with Gasteiger partial charge in [0, 0.05) is 38.6 Å². The molecule has 34 heavy (non-hydrogen) atoms. The molecular weight excluding hydrogens is 442 g/mol. The summed E-state index contributed by atoms with van der Waals surface area (Å²) < 4.78 is 5.73. The highest BCUT2D eigenvalue weighted by molar-refractivity contribution is 7.80. The molecule has 1 spiro atoms. The van der Waals surface area contributed by atoms with E-state index in [4.69, 9.17) is 17.0 Å². The maximum Gasteiger partial charge on any atom is 0.222 e. The zero-order valence-corrected chi connectivity index (χ0v) is 20.7. The van der Waals surface area contributed by atoms with Crippen molar-refractivity contribution in [2.75, 3.05) is 32.8 Å². The lowest BCUT2D eigenvalue weighted by Gasteiger charge is -2.39. The van der Waals surface area contributed by atoms with Crippen molar-refractivity contribution in [3.8, 4) is 5.75 Å². The lowest BCUT2D eigenvalue weighted by molar-refractivity contribution is -0.133. The average Bonchev–Trinajstić information content (AvgIpc) is 3.47. The van der Waals surface area contributed by atoms with Crippen LogP contribution in [0.15, 0.2) is 54.6 Å². The minimum Gasteiger partial charge on any atom is -0.494 e. The quantitative estimate of drug-likeness (QED) is 0.499. The van der Waals surface area contributed by atoms with Crippen molar-refractivity contribution in [3.05, 3.63) is 65.7 Å². The lowest BCUT2D eigenvalue weighted by atomic mass is 9.77. The average molecular weight is 478 g/mol. The molecule has 2 aromatic carbocycles. The molecule has 2 heterocycles. The maximum absolute atomic E-state index is 12.7. The fourth-order valence-electron chi connectivity index (χ4n) is 5.76. The largest absolute Gasteiger partial charge is 0.494 e. The molecule has 0 radical (unpaired) electrons. The molecule has 2 aliphatic heterocycles. The van der Waals surface area contributed by atoms with Crippen LogP contribution in [0.2, 0.25) is 0 Å². The summed E-state index contributed by atoms with van der Waals surface area (Å²) >= 11 is 5.81. The first-order chi connectivity index (χ1) is 16.6. The van der Waals surface area contributed by atoms with Crippen molar-refractivity contribution in [2.24, 2.45) is 5.41 Å². The SMILES string of the molecule is O=C(CCCOc1ccccc1)N1CCC2(CC1)CCN(C(=S)NC1Cc3ccccc3C1)C2. The molecule has 2 aromatic rings. The van der Waals surface area contributed by atoms with Gasteiger partial charge in [-0.3, -0.25) is 4.79 Å². The van der Waals surface area contributed by atoms with Crippen molar-refractivity contribution in [1.82, 2.24) is 15.1 Å². The van der Waals surface area contributed by atoms with Gasteiger partial charge in [0.1, 0.15) is 5.75 Å². The van der Waals surface area contributed by atoms with Crippen molar-refractivity contribution < 1.29 is 9.53 Å². The van der Waals surface area contributed by atoms with Crippen LogP contribution in [-0.2, 0) is 17.6 Å². The van der Waals surface area contributed by atoms with Crippen LogP contribution >= 0.6 is 12.2 Å². The number of carbonyl (C=O) groups is 1. The van der Waals surface area contributed by atoms with Crippen LogP contribution in [0.3, 0.4) is 0 Å². The Bertz CT molecular complexity index is 979.